The van der Waals surface area contributed by atoms with Gasteiger partial charge in [0.05, 0.1) is 29.4 Å². The number of aromatic nitrogens is 4. The van der Waals surface area contributed by atoms with Crippen LogP contribution in [0.1, 0.15) is 0 Å². The minimum atomic E-state index is 0.857. The van der Waals surface area contributed by atoms with Gasteiger partial charge in [0, 0.05) is 19.7 Å². The molecule has 0 saturated carbocycles. The number of imidazole rings is 2. The summed E-state index contributed by atoms with van der Waals surface area (Å²) >= 11 is 3.47. The maximum absolute atomic E-state index is 4.37. The first-order chi connectivity index (χ1) is 8.16. The molecule has 0 atom stereocenters. The highest BCUT2D eigenvalue weighted by atomic mass is 79.9. The van der Waals surface area contributed by atoms with E-state index in [9.17, 15) is 0 Å². The van der Waals surface area contributed by atoms with Gasteiger partial charge in [-0.3, -0.25) is 0 Å². The van der Waals surface area contributed by atoms with E-state index in [1.807, 2.05) is 29.6 Å². The van der Waals surface area contributed by atoms with Crippen molar-refractivity contribution in [1.82, 2.24) is 19.1 Å². The topological polar surface area (TPSA) is 35.6 Å². The Hall–Kier alpha value is -1.62. The van der Waals surface area contributed by atoms with Crippen LogP contribution in [0.5, 0.6) is 0 Å². The molecule has 3 rings (SSSR count). The molecule has 17 heavy (non-hydrogen) atoms. The predicted molar refractivity (Wildman–Crippen MR) is 70.6 cm³/mol. The van der Waals surface area contributed by atoms with Gasteiger partial charge in [0.15, 0.2) is 0 Å². The Morgan fingerprint density at radius 2 is 1.82 bits per heavy atom. The van der Waals surface area contributed by atoms with Crippen LogP contribution in [0.2, 0.25) is 0 Å². The monoisotopic (exact) mass is 290 g/mol. The van der Waals surface area contributed by atoms with Crippen molar-refractivity contribution >= 4 is 27.0 Å². The van der Waals surface area contributed by atoms with Gasteiger partial charge in [-0.15, -0.1) is 0 Å². The first-order valence-corrected chi connectivity index (χ1v) is 6.04. The zero-order valence-electron chi connectivity index (χ0n) is 9.55. The average Bonchev–Trinajstić information content (AvgIpc) is 2.83. The molecule has 0 aliphatic heterocycles. The Balaban J connectivity index is 2.25. The van der Waals surface area contributed by atoms with Gasteiger partial charge in [-0.1, -0.05) is 6.07 Å². The van der Waals surface area contributed by atoms with Crippen LogP contribution < -0.4 is 0 Å². The van der Waals surface area contributed by atoms with E-state index in [1.165, 1.54) is 0 Å². The van der Waals surface area contributed by atoms with Crippen molar-refractivity contribution in [1.29, 1.82) is 0 Å². The number of nitrogens with zero attached hydrogens (tertiary/aromatic N) is 4. The van der Waals surface area contributed by atoms with Crippen LogP contribution in [0.4, 0.5) is 0 Å². The highest BCUT2D eigenvalue weighted by Crippen LogP contribution is 2.28. The molecule has 0 bridgehead atoms. The summed E-state index contributed by atoms with van der Waals surface area (Å²) in [5.41, 5.74) is 4.31. The lowest BCUT2D eigenvalue weighted by atomic mass is 10.1. The van der Waals surface area contributed by atoms with Crippen LogP contribution in [0.3, 0.4) is 0 Å². The largest absolute Gasteiger partial charge is 0.334 e. The van der Waals surface area contributed by atoms with Crippen LogP contribution in [-0.2, 0) is 14.1 Å². The molecular formula is C12H11BrN4. The fourth-order valence-corrected chi connectivity index (χ4v) is 2.61. The molecule has 2 aromatic heterocycles. The van der Waals surface area contributed by atoms with Crippen molar-refractivity contribution in [2.75, 3.05) is 0 Å². The molecule has 0 N–H and O–H groups in total. The van der Waals surface area contributed by atoms with Gasteiger partial charge in [0.25, 0.3) is 0 Å². The second-order valence-electron chi connectivity index (χ2n) is 4.05. The van der Waals surface area contributed by atoms with Crippen LogP contribution in [0.25, 0.3) is 22.3 Å². The summed E-state index contributed by atoms with van der Waals surface area (Å²) in [5.74, 6) is 0. The summed E-state index contributed by atoms with van der Waals surface area (Å²) in [6, 6.07) is 6.25. The summed E-state index contributed by atoms with van der Waals surface area (Å²) in [4.78, 5) is 8.60. The third kappa shape index (κ3) is 1.58. The van der Waals surface area contributed by atoms with Gasteiger partial charge < -0.3 is 9.13 Å². The molecule has 0 aliphatic rings. The molecule has 0 saturated heterocycles. The van der Waals surface area contributed by atoms with Crippen molar-refractivity contribution in [3.8, 4) is 11.3 Å². The number of benzene rings is 1. The SMILES string of the molecule is Cn1cnc(Br)c1-c1ccc2c(c1)ncn2C. The van der Waals surface area contributed by atoms with E-state index < -0.39 is 0 Å². The van der Waals surface area contributed by atoms with Crippen molar-refractivity contribution in [3.63, 3.8) is 0 Å². The Morgan fingerprint density at radius 3 is 2.53 bits per heavy atom. The van der Waals surface area contributed by atoms with E-state index in [0.717, 1.165) is 26.9 Å². The normalized spacial score (nSPS) is 11.2. The molecular weight excluding hydrogens is 280 g/mol. The molecule has 86 valence electrons. The maximum atomic E-state index is 4.37. The van der Waals surface area contributed by atoms with Gasteiger partial charge in [0.2, 0.25) is 0 Å². The lowest BCUT2D eigenvalue weighted by Gasteiger charge is -2.03. The maximum Gasteiger partial charge on any atom is 0.132 e. The van der Waals surface area contributed by atoms with Gasteiger partial charge in [-0.2, -0.15) is 0 Å². The van der Waals surface area contributed by atoms with E-state index in [1.54, 1.807) is 6.33 Å². The second kappa shape index (κ2) is 3.70. The third-order valence-electron chi connectivity index (χ3n) is 2.89. The molecule has 3 aromatic rings. The van der Waals surface area contributed by atoms with Crippen LogP contribution >= 0.6 is 15.9 Å². The molecule has 1 aromatic carbocycles. The summed E-state index contributed by atoms with van der Waals surface area (Å²) in [7, 11) is 3.98. The van der Waals surface area contributed by atoms with Gasteiger partial charge >= 0.3 is 0 Å². The van der Waals surface area contributed by atoms with Gasteiger partial charge in [0.1, 0.15) is 4.60 Å². The zero-order chi connectivity index (χ0) is 12.0. The quantitative estimate of drug-likeness (QED) is 0.691. The summed E-state index contributed by atoms with van der Waals surface area (Å²) < 4.78 is 4.86. The van der Waals surface area contributed by atoms with Crippen LogP contribution in [-0.4, -0.2) is 19.1 Å². The summed E-state index contributed by atoms with van der Waals surface area (Å²) in [6.45, 7) is 0. The summed E-state index contributed by atoms with van der Waals surface area (Å²) in [6.07, 6.45) is 3.62. The van der Waals surface area contributed by atoms with Crippen molar-refractivity contribution in [3.05, 3.63) is 35.5 Å². The lowest BCUT2D eigenvalue weighted by molar-refractivity contribution is 0.921. The first kappa shape index (κ1) is 10.5. The number of halogens is 1. The summed E-state index contributed by atoms with van der Waals surface area (Å²) in [5, 5.41) is 0. The van der Waals surface area contributed by atoms with Crippen molar-refractivity contribution in [2.24, 2.45) is 14.1 Å². The minimum Gasteiger partial charge on any atom is -0.334 e. The van der Waals surface area contributed by atoms with Crippen LogP contribution in [0, 0.1) is 0 Å². The number of aryl methyl sites for hydroxylation is 2. The number of fused-ring (bicyclic) bond motifs is 1. The number of hydrogen-bond donors (Lipinski definition) is 0. The molecule has 0 fully saturated rings. The van der Waals surface area contributed by atoms with E-state index >= 15 is 0 Å². The van der Waals surface area contributed by atoms with Crippen LogP contribution in [0.15, 0.2) is 35.5 Å². The number of hydrogen-bond acceptors (Lipinski definition) is 2. The Labute approximate surface area is 107 Å². The molecule has 0 radical (unpaired) electrons. The Kier molecular flexibility index (Phi) is 2.29. The highest BCUT2D eigenvalue weighted by Gasteiger charge is 2.10. The Bertz CT molecular complexity index is 676. The lowest BCUT2D eigenvalue weighted by Crippen LogP contribution is -1.90. The highest BCUT2D eigenvalue weighted by molar-refractivity contribution is 9.10. The van der Waals surface area contributed by atoms with Crippen molar-refractivity contribution < 1.29 is 0 Å². The number of rotatable bonds is 1. The van der Waals surface area contributed by atoms with E-state index in [2.05, 4.69) is 44.1 Å². The molecule has 0 aliphatic carbocycles. The first-order valence-electron chi connectivity index (χ1n) is 5.25. The van der Waals surface area contributed by atoms with E-state index in [0.29, 0.717) is 0 Å². The Morgan fingerprint density at radius 1 is 1.06 bits per heavy atom. The molecule has 0 spiro atoms. The molecule has 0 unspecified atom stereocenters. The molecule has 0 amide bonds. The van der Waals surface area contributed by atoms with E-state index in [4.69, 9.17) is 0 Å². The molecule has 4 nitrogen and oxygen atoms in total. The molecule has 5 heteroatoms. The van der Waals surface area contributed by atoms with Gasteiger partial charge in [-0.25, -0.2) is 9.97 Å². The minimum absolute atomic E-state index is 0.857. The smallest absolute Gasteiger partial charge is 0.132 e. The zero-order valence-corrected chi connectivity index (χ0v) is 11.1. The predicted octanol–water partition coefficient (Wildman–Crippen LogP) is 2.74. The fourth-order valence-electron chi connectivity index (χ4n) is 2.01. The second-order valence-corrected chi connectivity index (χ2v) is 4.80. The molecule has 2 heterocycles. The fraction of sp³-hybridized carbons (Fsp3) is 0.167. The van der Waals surface area contributed by atoms with Gasteiger partial charge in [-0.05, 0) is 28.1 Å². The third-order valence-corrected chi connectivity index (χ3v) is 3.47. The van der Waals surface area contributed by atoms with Crippen molar-refractivity contribution in [2.45, 2.75) is 0 Å². The van der Waals surface area contributed by atoms with E-state index in [-0.39, 0.29) is 0 Å². The standard InChI is InChI=1S/C12H11BrN4/c1-16-6-14-9-5-8(3-4-10(9)16)11-12(13)15-7-17(11)2/h3-7H,1-2H3. The average molecular weight is 291 g/mol.